The summed E-state index contributed by atoms with van der Waals surface area (Å²) < 4.78 is 0. The summed E-state index contributed by atoms with van der Waals surface area (Å²) in [6, 6.07) is 7.65. The van der Waals surface area contributed by atoms with Crippen LogP contribution in [0, 0.1) is 11.3 Å². The number of carboxylic acid groups (broad SMARTS) is 2. The van der Waals surface area contributed by atoms with Gasteiger partial charge < -0.3 is 26.1 Å². The van der Waals surface area contributed by atoms with Crippen molar-refractivity contribution in [2.75, 3.05) is 18.1 Å². The normalized spacial score (nSPS) is 19.0. The van der Waals surface area contributed by atoms with Gasteiger partial charge >= 0.3 is 11.9 Å². The molecule has 1 fully saturated rings. The van der Waals surface area contributed by atoms with Crippen LogP contribution in [0.4, 0.5) is 5.13 Å². The van der Waals surface area contributed by atoms with Crippen LogP contribution in [-0.2, 0) is 24.0 Å². The van der Waals surface area contributed by atoms with Gasteiger partial charge in [0, 0.05) is 11.1 Å². The van der Waals surface area contributed by atoms with Crippen molar-refractivity contribution in [3.63, 3.8) is 0 Å². The number of nitrogens with zero attached hydrogens (tertiary/aromatic N) is 4. The number of carbonyl (C=O) groups is 4. The number of fused-ring (bicyclic) bond motifs is 1. The molecule has 5 N–H and O–H groups in total. The lowest BCUT2D eigenvalue weighted by molar-refractivity contribution is -0.150. The number of carboxylic acids is 2. The third kappa shape index (κ3) is 5.51. The van der Waals surface area contributed by atoms with Gasteiger partial charge in [-0.1, -0.05) is 29.4 Å². The van der Waals surface area contributed by atoms with Crippen molar-refractivity contribution in [3.05, 3.63) is 63.8 Å². The molecule has 2 atom stereocenters. The number of nitrogens with two attached hydrogens (primary N) is 1. The lowest BCUT2D eigenvalue weighted by atomic mass is 10.0. The van der Waals surface area contributed by atoms with Gasteiger partial charge in [0.05, 0.1) is 11.6 Å². The molecule has 1 unspecified atom stereocenters. The Balaban J connectivity index is 1.52. The first-order valence-electron chi connectivity index (χ1n) is 10.7. The largest absolute Gasteiger partial charge is 0.479 e. The lowest BCUT2D eigenvalue weighted by Gasteiger charge is -2.49. The number of benzene rings is 1. The number of nitrogen functional groups attached to an aromatic ring is 1. The number of nitriles is 1. The molecule has 0 radical (unpaired) electrons. The van der Waals surface area contributed by atoms with Gasteiger partial charge in [0.15, 0.2) is 10.8 Å². The second-order valence-electron chi connectivity index (χ2n) is 7.79. The summed E-state index contributed by atoms with van der Waals surface area (Å²) in [5.74, 6) is -3.87. The van der Waals surface area contributed by atoms with E-state index in [0.717, 1.165) is 21.8 Å². The van der Waals surface area contributed by atoms with E-state index in [2.05, 4.69) is 20.3 Å². The smallest absolute Gasteiger partial charge is 0.352 e. The summed E-state index contributed by atoms with van der Waals surface area (Å²) in [6.07, 6.45) is 3.29. The number of anilines is 1. The summed E-state index contributed by atoms with van der Waals surface area (Å²) in [4.78, 5) is 58.5. The van der Waals surface area contributed by atoms with Crippen molar-refractivity contribution in [2.45, 2.75) is 11.4 Å². The molecule has 0 aliphatic carbocycles. The molecule has 2 aliphatic heterocycles. The second kappa shape index (κ2) is 11.2. The Bertz CT molecular complexity index is 1440. The first-order valence-corrected chi connectivity index (χ1v) is 12.7. The molecule has 194 valence electrons. The van der Waals surface area contributed by atoms with E-state index < -0.39 is 41.8 Å². The highest BCUT2D eigenvalue weighted by Crippen LogP contribution is 2.40. The van der Waals surface area contributed by atoms with Crippen LogP contribution < -0.4 is 11.1 Å². The van der Waals surface area contributed by atoms with E-state index in [9.17, 15) is 24.3 Å². The van der Waals surface area contributed by atoms with Crippen LogP contribution >= 0.6 is 23.1 Å². The number of aliphatic carboxylic acids is 2. The molecular weight excluding hydrogens is 536 g/mol. The SMILES string of the molecule is N#Cc1ccc(C=CC2=C(C(=O)O)N3C(=O)C(NC(=O)C(=NOCC(=O)O)c4csc(N)n4)[C@@H]3SC2)cc1. The zero-order valence-electron chi connectivity index (χ0n) is 19.2. The van der Waals surface area contributed by atoms with E-state index >= 15 is 0 Å². The fraction of sp³-hybridized carbons (Fsp3) is 0.174. The van der Waals surface area contributed by atoms with Crippen LogP contribution in [0.2, 0.25) is 0 Å². The second-order valence-corrected chi connectivity index (χ2v) is 9.78. The van der Waals surface area contributed by atoms with Gasteiger partial charge in [0.25, 0.3) is 11.8 Å². The average molecular weight is 555 g/mol. The Labute approximate surface area is 222 Å². The number of amides is 2. The van der Waals surface area contributed by atoms with Crippen LogP contribution in [0.15, 0.2) is 52.1 Å². The van der Waals surface area contributed by atoms with Crippen LogP contribution in [0.5, 0.6) is 0 Å². The fourth-order valence-corrected chi connectivity index (χ4v) is 5.47. The topological polar surface area (TPSA) is 208 Å². The molecule has 4 rings (SSSR count). The first-order chi connectivity index (χ1) is 18.2. The van der Waals surface area contributed by atoms with E-state index in [1.54, 1.807) is 36.4 Å². The van der Waals surface area contributed by atoms with Gasteiger partial charge in [-0.3, -0.25) is 14.5 Å². The third-order valence-corrected chi connectivity index (χ3v) is 7.30. The summed E-state index contributed by atoms with van der Waals surface area (Å²) >= 11 is 2.28. The Morgan fingerprint density at radius 3 is 2.63 bits per heavy atom. The van der Waals surface area contributed by atoms with Crippen LogP contribution in [0.3, 0.4) is 0 Å². The molecule has 15 heteroatoms. The number of thiazole rings is 1. The zero-order chi connectivity index (χ0) is 27.4. The highest BCUT2D eigenvalue weighted by molar-refractivity contribution is 8.00. The Hall–Kier alpha value is -4.68. The fourth-order valence-electron chi connectivity index (χ4n) is 3.60. The molecule has 38 heavy (non-hydrogen) atoms. The van der Waals surface area contributed by atoms with Crippen molar-refractivity contribution in [2.24, 2.45) is 5.16 Å². The molecule has 2 aliphatic rings. The Morgan fingerprint density at radius 1 is 1.29 bits per heavy atom. The van der Waals surface area contributed by atoms with E-state index in [1.807, 2.05) is 6.07 Å². The molecule has 2 aromatic rings. The molecule has 0 saturated carbocycles. The Kier molecular flexibility index (Phi) is 7.74. The molecular formula is C23H18N6O7S2. The first kappa shape index (κ1) is 26.4. The summed E-state index contributed by atoms with van der Waals surface area (Å²) in [6.45, 7) is -0.809. The Morgan fingerprint density at radius 2 is 2.03 bits per heavy atom. The molecule has 1 saturated heterocycles. The van der Waals surface area contributed by atoms with Gasteiger partial charge in [-0.2, -0.15) is 5.26 Å². The molecule has 13 nitrogen and oxygen atoms in total. The molecule has 0 spiro atoms. The van der Waals surface area contributed by atoms with Crippen LogP contribution in [0.1, 0.15) is 16.8 Å². The minimum atomic E-state index is -1.31. The van der Waals surface area contributed by atoms with Gasteiger partial charge in [-0.15, -0.1) is 23.1 Å². The highest BCUT2D eigenvalue weighted by Gasteiger charge is 2.54. The molecule has 1 aromatic heterocycles. The molecule has 2 amide bonds. The van der Waals surface area contributed by atoms with Crippen molar-refractivity contribution in [1.29, 1.82) is 5.26 Å². The van der Waals surface area contributed by atoms with E-state index in [4.69, 9.17) is 16.1 Å². The summed E-state index contributed by atoms with van der Waals surface area (Å²) in [7, 11) is 0. The van der Waals surface area contributed by atoms with E-state index in [-0.39, 0.29) is 28.0 Å². The number of aromatic nitrogens is 1. The summed E-state index contributed by atoms with van der Waals surface area (Å²) in [5, 5.41) is 34.4. The van der Waals surface area contributed by atoms with Crippen LogP contribution in [-0.4, -0.2) is 73.3 Å². The lowest BCUT2D eigenvalue weighted by Crippen LogP contribution is -2.71. The standard InChI is InChI=1S/C23H18N6O7S2/c24-7-12-3-1-11(2-4-12)5-6-13-9-37-21-17(20(33)29(21)18(13)22(34)35)27-19(32)16(28-36-8-15(30)31)14-10-38-23(25)26-14/h1-6,10,17,21H,8-9H2,(H2,25,26)(H,27,32)(H,30,31)(H,34,35)/t17?,21-/m0/s1. The maximum absolute atomic E-state index is 13.0. The maximum Gasteiger partial charge on any atom is 0.352 e. The predicted octanol–water partition coefficient (Wildman–Crippen LogP) is 0.854. The molecule has 1 aromatic carbocycles. The maximum atomic E-state index is 13.0. The number of oxime groups is 1. The van der Waals surface area contributed by atoms with Gasteiger partial charge in [-0.25, -0.2) is 14.6 Å². The van der Waals surface area contributed by atoms with E-state index in [1.165, 1.54) is 17.1 Å². The van der Waals surface area contributed by atoms with Crippen molar-refractivity contribution < 1.29 is 34.2 Å². The average Bonchev–Trinajstić information content (AvgIpc) is 3.33. The monoisotopic (exact) mass is 554 g/mol. The number of carbonyl (C=O) groups excluding carboxylic acids is 2. The quantitative estimate of drug-likeness (QED) is 0.194. The van der Waals surface area contributed by atoms with Crippen molar-refractivity contribution in [1.82, 2.24) is 15.2 Å². The van der Waals surface area contributed by atoms with Crippen molar-refractivity contribution in [3.8, 4) is 6.07 Å². The van der Waals surface area contributed by atoms with E-state index in [0.29, 0.717) is 11.1 Å². The van der Waals surface area contributed by atoms with Crippen molar-refractivity contribution >= 4 is 63.8 Å². The molecule has 0 bridgehead atoms. The summed E-state index contributed by atoms with van der Waals surface area (Å²) in [5.41, 5.74) is 6.70. The number of thioether (sulfide) groups is 1. The van der Waals surface area contributed by atoms with Gasteiger partial charge in [0.2, 0.25) is 6.61 Å². The minimum absolute atomic E-state index is 0.0247. The number of rotatable bonds is 9. The zero-order valence-corrected chi connectivity index (χ0v) is 20.9. The third-order valence-electron chi connectivity index (χ3n) is 5.33. The molecule has 3 heterocycles. The number of β-lactam (4-membered cyclic amide) rings is 1. The van der Waals surface area contributed by atoms with Gasteiger partial charge in [0.1, 0.15) is 22.8 Å². The number of nitrogens with one attached hydrogen (secondary N) is 1. The minimum Gasteiger partial charge on any atom is -0.479 e. The number of hydrogen-bond donors (Lipinski definition) is 4. The predicted molar refractivity (Wildman–Crippen MR) is 137 cm³/mol. The number of allylic oxidation sites excluding steroid dienone is 1. The van der Waals surface area contributed by atoms with Crippen LogP contribution in [0.25, 0.3) is 6.08 Å². The number of hydrogen-bond acceptors (Lipinski definition) is 11. The van der Waals surface area contributed by atoms with Gasteiger partial charge in [-0.05, 0) is 23.3 Å². The highest BCUT2D eigenvalue weighted by atomic mass is 32.2.